The largest absolute Gasteiger partial charge is 0.444 e. The summed E-state index contributed by atoms with van der Waals surface area (Å²) in [5, 5.41) is 12.0. The van der Waals surface area contributed by atoms with Gasteiger partial charge in [0.25, 0.3) is 0 Å². The van der Waals surface area contributed by atoms with Crippen molar-refractivity contribution in [1.82, 2.24) is 10.0 Å². The van der Waals surface area contributed by atoms with Crippen LogP contribution in [0.2, 0.25) is 0 Å². The summed E-state index contributed by atoms with van der Waals surface area (Å²) < 4.78 is 5.99. The third-order valence-corrected chi connectivity index (χ3v) is 1.87. The van der Waals surface area contributed by atoms with Gasteiger partial charge in [0.1, 0.15) is 5.60 Å². The van der Waals surface area contributed by atoms with Crippen LogP contribution >= 0.6 is 0 Å². The first-order valence-corrected chi connectivity index (χ1v) is 5.73. The molecule has 0 aromatic carbocycles. The first-order valence-electron chi connectivity index (χ1n) is 5.73. The van der Waals surface area contributed by atoms with Gasteiger partial charge in [0.15, 0.2) is 5.49 Å². The highest BCUT2D eigenvalue weighted by Gasteiger charge is 2.15. The number of carbonyl (C=O) groups is 1. The molecule has 0 saturated carbocycles. The standard InChI is InChI=1S/C12H19N3O3/c1-12(2,3)18-11(16)14-8-7-13-10-6-4-5-9-15(10)17/h4-6,9,17H,7-8H2,1-3H3,(H,14,16). The minimum Gasteiger partial charge on any atom is -0.444 e. The molecule has 0 radical (unpaired) electrons. The number of pyridine rings is 1. The zero-order chi connectivity index (χ0) is 13.6. The van der Waals surface area contributed by atoms with Gasteiger partial charge in [-0.3, -0.25) is 4.99 Å². The second-order valence-electron chi connectivity index (χ2n) is 4.71. The van der Waals surface area contributed by atoms with Crippen LogP contribution in [-0.2, 0) is 4.74 Å². The molecule has 0 bridgehead atoms. The number of rotatable bonds is 3. The first kappa shape index (κ1) is 14.1. The summed E-state index contributed by atoms with van der Waals surface area (Å²) in [5.41, 5.74) is -0.0714. The molecule has 1 heterocycles. The zero-order valence-corrected chi connectivity index (χ0v) is 10.9. The number of nitrogens with one attached hydrogen (secondary N) is 1. The Balaban J connectivity index is 2.38. The lowest BCUT2D eigenvalue weighted by atomic mass is 10.2. The molecule has 0 aliphatic rings. The van der Waals surface area contributed by atoms with Crippen molar-refractivity contribution < 1.29 is 14.7 Å². The van der Waals surface area contributed by atoms with Crippen molar-refractivity contribution in [2.24, 2.45) is 4.99 Å². The van der Waals surface area contributed by atoms with Crippen LogP contribution in [-0.4, -0.2) is 34.7 Å². The maximum Gasteiger partial charge on any atom is 0.407 e. The number of nitrogens with zero attached hydrogens (tertiary/aromatic N) is 2. The van der Waals surface area contributed by atoms with Gasteiger partial charge in [-0.25, -0.2) is 4.79 Å². The van der Waals surface area contributed by atoms with E-state index in [4.69, 9.17) is 4.74 Å². The van der Waals surface area contributed by atoms with Gasteiger partial charge in [-0.1, -0.05) is 6.07 Å². The van der Waals surface area contributed by atoms with E-state index in [1.807, 2.05) is 0 Å². The average Bonchev–Trinajstić information content (AvgIpc) is 2.24. The van der Waals surface area contributed by atoms with Gasteiger partial charge in [-0.05, 0) is 32.9 Å². The fourth-order valence-corrected chi connectivity index (χ4v) is 1.19. The SMILES string of the molecule is CC(C)(C)OC(=O)NCCN=c1ccccn1O. The number of amides is 1. The molecule has 18 heavy (non-hydrogen) atoms. The predicted molar refractivity (Wildman–Crippen MR) is 66.3 cm³/mol. The number of hydrogen-bond acceptors (Lipinski definition) is 4. The van der Waals surface area contributed by atoms with Crippen LogP contribution in [0.1, 0.15) is 20.8 Å². The quantitative estimate of drug-likeness (QED) is 0.626. The van der Waals surface area contributed by atoms with Crippen molar-refractivity contribution >= 4 is 6.09 Å². The molecule has 6 nitrogen and oxygen atoms in total. The lowest BCUT2D eigenvalue weighted by molar-refractivity contribution is 0.0529. The van der Waals surface area contributed by atoms with Gasteiger partial charge in [-0.15, -0.1) is 0 Å². The molecule has 0 aliphatic heterocycles. The number of carbonyl (C=O) groups excluding carboxylic acids is 1. The predicted octanol–water partition coefficient (Wildman–Crippen LogP) is 1.15. The third kappa shape index (κ3) is 5.38. The summed E-state index contributed by atoms with van der Waals surface area (Å²) in [6, 6.07) is 5.14. The van der Waals surface area contributed by atoms with Crippen LogP contribution in [0.15, 0.2) is 29.4 Å². The van der Waals surface area contributed by atoms with Gasteiger partial charge >= 0.3 is 6.09 Å². The summed E-state index contributed by atoms with van der Waals surface area (Å²) in [4.78, 5) is 15.4. The molecule has 0 aliphatic carbocycles. The molecule has 0 atom stereocenters. The number of alkyl carbamates (subject to hydrolysis) is 1. The highest BCUT2D eigenvalue weighted by molar-refractivity contribution is 5.67. The van der Waals surface area contributed by atoms with E-state index in [2.05, 4.69) is 10.3 Å². The Bertz CT molecular complexity index is 460. The summed E-state index contributed by atoms with van der Waals surface area (Å²) in [5.74, 6) is 0. The minimum atomic E-state index is -0.505. The average molecular weight is 253 g/mol. The Labute approximate surface area is 106 Å². The third-order valence-electron chi connectivity index (χ3n) is 1.87. The van der Waals surface area contributed by atoms with Crippen molar-refractivity contribution in [3.05, 3.63) is 29.9 Å². The lowest BCUT2D eigenvalue weighted by Gasteiger charge is -2.19. The molecule has 100 valence electrons. The van der Waals surface area contributed by atoms with Crippen molar-refractivity contribution in [2.75, 3.05) is 13.1 Å². The van der Waals surface area contributed by atoms with E-state index in [-0.39, 0.29) is 0 Å². The molecule has 1 aromatic heterocycles. The monoisotopic (exact) mass is 253 g/mol. The van der Waals surface area contributed by atoms with Gasteiger partial charge in [0.05, 0.1) is 6.54 Å². The van der Waals surface area contributed by atoms with E-state index < -0.39 is 11.7 Å². The molecule has 0 unspecified atom stereocenters. The van der Waals surface area contributed by atoms with Crippen molar-refractivity contribution in [1.29, 1.82) is 0 Å². The molecular weight excluding hydrogens is 234 g/mol. The van der Waals surface area contributed by atoms with Crippen LogP contribution < -0.4 is 10.8 Å². The molecule has 6 heteroatoms. The van der Waals surface area contributed by atoms with E-state index >= 15 is 0 Å². The van der Waals surface area contributed by atoms with Gasteiger partial charge in [0.2, 0.25) is 0 Å². The Morgan fingerprint density at radius 2 is 2.22 bits per heavy atom. The van der Waals surface area contributed by atoms with Crippen molar-refractivity contribution in [3.63, 3.8) is 0 Å². The van der Waals surface area contributed by atoms with Crippen molar-refractivity contribution in [2.45, 2.75) is 26.4 Å². The fraction of sp³-hybridized carbons (Fsp3) is 0.500. The molecule has 1 rings (SSSR count). The van der Waals surface area contributed by atoms with E-state index in [1.54, 1.807) is 39.0 Å². The van der Waals surface area contributed by atoms with Crippen LogP contribution in [0.5, 0.6) is 0 Å². The zero-order valence-electron chi connectivity index (χ0n) is 10.9. The smallest absolute Gasteiger partial charge is 0.407 e. The number of aromatic nitrogens is 1. The molecular formula is C12H19N3O3. The van der Waals surface area contributed by atoms with E-state index in [0.717, 1.165) is 4.73 Å². The first-order chi connectivity index (χ1) is 8.38. The van der Waals surface area contributed by atoms with Crippen molar-refractivity contribution in [3.8, 4) is 0 Å². The molecule has 2 N–H and O–H groups in total. The van der Waals surface area contributed by atoms with Crippen LogP contribution in [0.4, 0.5) is 4.79 Å². The Kier molecular flexibility index (Phi) is 4.76. The molecule has 0 spiro atoms. The van der Waals surface area contributed by atoms with Gasteiger partial charge < -0.3 is 15.3 Å². The van der Waals surface area contributed by atoms with E-state index in [0.29, 0.717) is 18.6 Å². The van der Waals surface area contributed by atoms with Gasteiger partial charge in [-0.2, -0.15) is 4.73 Å². The minimum absolute atomic E-state index is 0.351. The van der Waals surface area contributed by atoms with E-state index in [1.165, 1.54) is 6.20 Å². The highest BCUT2D eigenvalue weighted by Crippen LogP contribution is 2.05. The fourth-order valence-electron chi connectivity index (χ4n) is 1.19. The molecule has 1 amide bonds. The van der Waals surface area contributed by atoms with Crippen LogP contribution in [0.25, 0.3) is 0 Å². The second kappa shape index (κ2) is 6.09. The summed E-state index contributed by atoms with van der Waals surface area (Å²) in [6.07, 6.45) is 1.02. The second-order valence-corrected chi connectivity index (χ2v) is 4.71. The molecule has 0 saturated heterocycles. The number of ether oxygens (including phenoxy) is 1. The maximum absolute atomic E-state index is 11.3. The summed E-state index contributed by atoms with van der Waals surface area (Å²) in [7, 11) is 0. The number of hydrogen-bond donors (Lipinski definition) is 2. The maximum atomic E-state index is 11.3. The lowest BCUT2D eigenvalue weighted by Crippen LogP contribution is -2.34. The highest BCUT2D eigenvalue weighted by atomic mass is 16.6. The van der Waals surface area contributed by atoms with Crippen LogP contribution in [0.3, 0.4) is 0 Å². The topological polar surface area (TPSA) is 75.8 Å². The Morgan fingerprint density at radius 1 is 1.50 bits per heavy atom. The Morgan fingerprint density at radius 3 is 2.83 bits per heavy atom. The van der Waals surface area contributed by atoms with Crippen LogP contribution in [0, 0.1) is 0 Å². The van der Waals surface area contributed by atoms with E-state index in [9.17, 15) is 10.0 Å². The molecule has 1 aromatic rings. The summed E-state index contributed by atoms with van der Waals surface area (Å²) >= 11 is 0. The summed E-state index contributed by atoms with van der Waals surface area (Å²) in [6.45, 7) is 6.12. The molecule has 0 fully saturated rings. The van der Waals surface area contributed by atoms with Gasteiger partial charge in [0, 0.05) is 12.7 Å². The Hall–Kier alpha value is -1.98. The normalized spacial score (nSPS) is 12.3.